The molecule has 0 saturated carbocycles. The van der Waals surface area contributed by atoms with Gasteiger partial charge in [-0.3, -0.25) is 24.0 Å². The van der Waals surface area contributed by atoms with Crippen LogP contribution in [0.2, 0.25) is 0 Å². The summed E-state index contributed by atoms with van der Waals surface area (Å²) in [6.07, 6.45) is 17.0. The number of aliphatic hydroxyl groups is 1. The van der Waals surface area contributed by atoms with E-state index < -0.39 is 36.5 Å². The van der Waals surface area contributed by atoms with Crippen LogP contribution in [0.15, 0.2) is 0 Å². The van der Waals surface area contributed by atoms with Crippen molar-refractivity contribution in [3.63, 3.8) is 0 Å². The van der Waals surface area contributed by atoms with Gasteiger partial charge in [-0.25, -0.2) is 0 Å². The highest BCUT2D eigenvalue weighted by Gasteiger charge is 2.22. The lowest BCUT2D eigenvalue weighted by molar-refractivity contribution is -0.137. The van der Waals surface area contributed by atoms with Crippen molar-refractivity contribution in [3.8, 4) is 0 Å². The number of unbranched alkanes of at least 4 members (excludes halogenated alkanes) is 13. The first-order valence-corrected chi connectivity index (χ1v) is 17.5. The first kappa shape index (κ1) is 44.2. The smallest absolute Gasteiger partial charge is 0.303 e. The molecular weight excluding hydrogens is 610 g/mol. The van der Waals surface area contributed by atoms with Crippen LogP contribution in [-0.4, -0.2) is 105 Å². The molecule has 2 atom stereocenters. The number of carboxylic acids is 1. The standard InChI is InChI=1S/C33H63N5O9/c1-35-28(25-39)33(45)38-27(32(34)44)17-15-16-20-36-30(41)26-47-24-23-46-22-21-37-29(40)18-13-11-9-7-5-3-2-4-6-8-10-12-14-19-31(42)43/h27-28,35,39H,2-26H2,1H3,(H2,34,44)(H,36,41)(H,37,40)(H,38,45)(H,42,43)/t27-,28-/m0/s1. The van der Waals surface area contributed by atoms with E-state index in [0.717, 1.165) is 38.5 Å². The SMILES string of the molecule is CN[C@@H](CO)C(=O)N[C@@H](CCCCNC(=O)COCCOCCNC(=O)CCCCCCCCCCCCCCCC(=O)O)C(N)=O. The molecule has 274 valence electrons. The molecule has 0 aliphatic rings. The van der Waals surface area contributed by atoms with Crippen molar-refractivity contribution in [2.75, 3.05) is 53.2 Å². The van der Waals surface area contributed by atoms with Crippen molar-refractivity contribution >= 4 is 29.6 Å². The predicted octanol–water partition coefficient (Wildman–Crippen LogP) is 1.91. The maximum absolute atomic E-state index is 12.0. The highest BCUT2D eigenvalue weighted by molar-refractivity contribution is 5.89. The first-order chi connectivity index (χ1) is 22.7. The Balaban J connectivity index is 3.51. The van der Waals surface area contributed by atoms with Crippen LogP contribution in [-0.2, 0) is 33.4 Å². The lowest BCUT2D eigenvalue weighted by atomic mass is 10.0. The third-order valence-electron chi connectivity index (χ3n) is 7.72. The molecule has 14 heteroatoms. The Bertz CT molecular complexity index is 843. The fourth-order valence-corrected chi connectivity index (χ4v) is 4.86. The zero-order chi connectivity index (χ0) is 35.0. The maximum Gasteiger partial charge on any atom is 0.303 e. The van der Waals surface area contributed by atoms with E-state index in [9.17, 15) is 24.0 Å². The summed E-state index contributed by atoms with van der Waals surface area (Å²) >= 11 is 0. The number of carbonyl (C=O) groups excluding carboxylic acids is 4. The monoisotopic (exact) mass is 673 g/mol. The van der Waals surface area contributed by atoms with Gasteiger partial charge in [-0.15, -0.1) is 0 Å². The molecule has 0 saturated heterocycles. The van der Waals surface area contributed by atoms with Gasteiger partial charge in [-0.1, -0.05) is 70.6 Å². The lowest BCUT2D eigenvalue weighted by Gasteiger charge is -2.19. The lowest BCUT2D eigenvalue weighted by Crippen LogP contribution is -2.52. The molecular formula is C33H63N5O9. The molecule has 0 aliphatic carbocycles. The molecule has 14 nitrogen and oxygen atoms in total. The van der Waals surface area contributed by atoms with Crippen LogP contribution < -0.4 is 27.0 Å². The van der Waals surface area contributed by atoms with Crippen LogP contribution in [0.4, 0.5) is 0 Å². The second-order valence-electron chi connectivity index (χ2n) is 11.8. The van der Waals surface area contributed by atoms with Crippen molar-refractivity contribution in [2.45, 2.75) is 128 Å². The predicted molar refractivity (Wildman–Crippen MR) is 179 cm³/mol. The molecule has 0 aliphatic heterocycles. The average molecular weight is 674 g/mol. The van der Waals surface area contributed by atoms with E-state index in [1.54, 1.807) is 0 Å². The van der Waals surface area contributed by atoms with Crippen LogP contribution in [0.5, 0.6) is 0 Å². The Labute approximate surface area is 281 Å². The summed E-state index contributed by atoms with van der Waals surface area (Å²) in [7, 11) is 1.52. The Morgan fingerprint density at radius 1 is 0.638 bits per heavy atom. The number of nitrogens with one attached hydrogen (secondary N) is 4. The van der Waals surface area contributed by atoms with Gasteiger partial charge >= 0.3 is 5.97 Å². The number of rotatable bonds is 34. The molecule has 4 amide bonds. The highest BCUT2D eigenvalue weighted by atomic mass is 16.5. The van der Waals surface area contributed by atoms with Gasteiger partial charge in [0.25, 0.3) is 0 Å². The van der Waals surface area contributed by atoms with Crippen LogP contribution in [0, 0.1) is 0 Å². The minimum absolute atomic E-state index is 0.0310. The fourth-order valence-electron chi connectivity index (χ4n) is 4.86. The molecule has 0 unspecified atom stereocenters. The molecule has 0 aromatic carbocycles. The number of carboxylic acid groups (broad SMARTS) is 1. The summed E-state index contributed by atoms with van der Waals surface area (Å²) in [4.78, 5) is 57.9. The Kier molecular flexibility index (Phi) is 29.9. The number of hydrogen-bond acceptors (Lipinski definition) is 9. The van der Waals surface area contributed by atoms with Gasteiger partial charge < -0.3 is 46.7 Å². The molecule has 0 fully saturated rings. The number of amides is 4. The van der Waals surface area contributed by atoms with Gasteiger partial charge in [0.1, 0.15) is 18.7 Å². The second kappa shape index (κ2) is 31.8. The third-order valence-corrected chi connectivity index (χ3v) is 7.72. The molecule has 0 bridgehead atoms. The minimum Gasteiger partial charge on any atom is -0.481 e. The maximum atomic E-state index is 12.0. The average Bonchev–Trinajstić information content (AvgIpc) is 3.03. The molecule has 8 N–H and O–H groups in total. The number of hydrogen-bond donors (Lipinski definition) is 7. The topological polar surface area (TPSA) is 218 Å². The molecule has 0 spiro atoms. The van der Waals surface area contributed by atoms with Crippen LogP contribution in [0.25, 0.3) is 0 Å². The van der Waals surface area contributed by atoms with Crippen molar-refractivity contribution in [2.24, 2.45) is 5.73 Å². The molecule has 0 heterocycles. The number of primary amides is 1. The molecule has 0 radical (unpaired) electrons. The summed E-state index contributed by atoms with van der Waals surface area (Å²) in [5, 5.41) is 28.5. The van der Waals surface area contributed by atoms with Crippen LogP contribution >= 0.6 is 0 Å². The van der Waals surface area contributed by atoms with Gasteiger partial charge in [0.05, 0.1) is 26.4 Å². The van der Waals surface area contributed by atoms with Crippen LogP contribution in [0.1, 0.15) is 116 Å². The van der Waals surface area contributed by atoms with E-state index >= 15 is 0 Å². The fraction of sp³-hybridized carbons (Fsp3) is 0.848. The minimum atomic E-state index is -0.855. The van der Waals surface area contributed by atoms with Gasteiger partial charge in [0.15, 0.2) is 0 Å². The molecule has 0 rings (SSSR count). The van der Waals surface area contributed by atoms with Gasteiger partial charge in [-0.2, -0.15) is 0 Å². The summed E-state index contributed by atoms with van der Waals surface area (Å²) < 4.78 is 10.7. The summed E-state index contributed by atoms with van der Waals surface area (Å²) in [6.45, 7) is 1.23. The summed E-state index contributed by atoms with van der Waals surface area (Å²) in [5.74, 6) is -2.11. The quantitative estimate of drug-likeness (QED) is 0.0492. The van der Waals surface area contributed by atoms with E-state index in [-0.39, 0.29) is 31.4 Å². The van der Waals surface area contributed by atoms with Crippen molar-refractivity contribution < 1.29 is 43.7 Å². The Morgan fingerprint density at radius 3 is 1.70 bits per heavy atom. The molecule has 0 aromatic rings. The number of likely N-dealkylation sites (N-methyl/N-ethyl adjacent to an activating group) is 1. The second-order valence-corrected chi connectivity index (χ2v) is 11.8. The summed E-state index contributed by atoms with van der Waals surface area (Å²) in [5.41, 5.74) is 5.35. The first-order valence-electron chi connectivity index (χ1n) is 17.5. The number of carbonyl (C=O) groups is 5. The van der Waals surface area contributed by atoms with Crippen molar-refractivity contribution in [3.05, 3.63) is 0 Å². The zero-order valence-corrected chi connectivity index (χ0v) is 28.7. The molecule has 47 heavy (non-hydrogen) atoms. The Hall–Kier alpha value is -2.81. The van der Waals surface area contributed by atoms with Crippen molar-refractivity contribution in [1.29, 1.82) is 0 Å². The van der Waals surface area contributed by atoms with E-state index in [0.29, 0.717) is 52.0 Å². The largest absolute Gasteiger partial charge is 0.481 e. The summed E-state index contributed by atoms with van der Waals surface area (Å²) in [6, 6.07) is -1.68. The highest BCUT2D eigenvalue weighted by Crippen LogP contribution is 2.13. The number of ether oxygens (including phenoxy) is 2. The van der Waals surface area contributed by atoms with E-state index in [1.165, 1.54) is 52.0 Å². The number of aliphatic hydroxyl groups excluding tert-OH is 1. The van der Waals surface area contributed by atoms with Gasteiger partial charge in [0.2, 0.25) is 23.6 Å². The van der Waals surface area contributed by atoms with E-state index in [4.69, 9.17) is 25.4 Å². The van der Waals surface area contributed by atoms with Crippen molar-refractivity contribution in [1.82, 2.24) is 21.3 Å². The zero-order valence-electron chi connectivity index (χ0n) is 28.7. The normalized spacial score (nSPS) is 12.3. The van der Waals surface area contributed by atoms with Crippen LogP contribution in [0.3, 0.4) is 0 Å². The van der Waals surface area contributed by atoms with E-state index in [2.05, 4.69) is 21.3 Å². The Morgan fingerprint density at radius 2 is 1.17 bits per heavy atom. The van der Waals surface area contributed by atoms with E-state index in [1.807, 2.05) is 0 Å². The number of nitrogens with two attached hydrogens (primary N) is 1. The number of aliphatic carboxylic acids is 1. The van der Waals surface area contributed by atoms with Gasteiger partial charge in [0, 0.05) is 25.9 Å². The van der Waals surface area contributed by atoms with Gasteiger partial charge in [-0.05, 0) is 39.2 Å². The third kappa shape index (κ3) is 29.1. The molecule has 0 aromatic heterocycles.